The lowest BCUT2D eigenvalue weighted by molar-refractivity contribution is 0.0603. The van der Waals surface area contributed by atoms with Crippen LogP contribution >= 0.6 is 0 Å². The highest BCUT2D eigenvalue weighted by molar-refractivity contribution is 5.93. The fourth-order valence-corrected chi connectivity index (χ4v) is 3.04. The second-order valence-electron chi connectivity index (χ2n) is 7.13. The van der Waals surface area contributed by atoms with Gasteiger partial charge in [0.15, 0.2) is 0 Å². The van der Waals surface area contributed by atoms with Crippen molar-refractivity contribution in [2.45, 2.75) is 39.2 Å². The van der Waals surface area contributed by atoms with Crippen LogP contribution in [-0.2, 0) is 0 Å². The molecule has 2 atom stereocenters. The predicted molar refractivity (Wildman–Crippen MR) is 85.3 cm³/mol. The van der Waals surface area contributed by atoms with E-state index >= 15 is 0 Å². The molecule has 0 aromatic carbocycles. The summed E-state index contributed by atoms with van der Waals surface area (Å²) in [5.41, 5.74) is 6.26. The van der Waals surface area contributed by atoms with Crippen molar-refractivity contribution in [3.8, 4) is 0 Å². The molecule has 2 aliphatic rings. The van der Waals surface area contributed by atoms with Crippen LogP contribution in [0.15, 0.2) is 12.4 Å². The van der Waals surface area contributed by atoms with Crippen molar-refractivity contribution >= 4 is 11.9 Å². The van der Waals surface area contributed by atoms with E-state index in [1.54, 1.807) is 0 Å². The molecule has 0 radical (unpaired) electrons. The Morgan fingerprint density at radius 3 is 2.55 bits per heavy atom. The number of carbonyl (C=O) groups is 1. The summed E-state index contributed by atoms with van der Waals surface area (Å²) in [5.74, 6) is 1.03. The summed E-state index contributed by atoms with van der Waals surface area (Å²) in [6.07, 6.45) is 6.38. The Hall–Kier alpha value is -1.69. The molecule has 2 fully saturated rings. The van der Waals surface area contributed by atoms with Gasteiger partial charge in [-0.2, -0.15) is 0 Å². The van der Waals surface area contributed by atoms with E-state index in [-0.39, 0.29) is 17.3 Å². The summed E-state index contributed by atoms with van der Waals surface area (Å²) in [6.45, 7) is 7.25. The van der Waals surface area contributed by atoms with Crippen LogP contribution in [0.2, 0.25) is 0 Å². The average molecular weight is 303 g/mol. The molecule has 1 saturated carbocycles. The Kier molecular flexibility index (Phi) is 4.04. The number of amides is 1. The molecule has 1 aliphatic carbocycles. The lowest BCUT2D eigenvalue weighted by atomic mass is 9.80. The SMILES string of the molecule is C[C@@H]1C[C@H]1NCC1(C)CCN(C(=O)c2cnc(N)nc2)CC1. The van der Waals surface area contributed by atoms with Crippen molar-refractivity contribution in [3.63, 3.8) is 0 Å². The first-order valence-electron chi connectivity index (χ1n) is 8.07. The van der Waals surface area contributed by atoms with E-state index in [2.05, 4.69) is 29.1 Å². The van der Waals surface area contributed by atoms with Gasteiger partial charge in [0.05, 0.1) is 5.56 Å². The van der Waals surface area contributed by atoms with Crippen molar-refractivity contribution in [2.24, 2.45) is 11.3 Å². The number of hydrogen-bond acceptors (Lipinski definition) is 5. The molecule has 1 aromatic heterocycles. The maximum atomic E-state index is 12.4. The van der Waals surface area contributed by atoms with Crippen molar-refractivity contribution in [3.05, 3.63) is 18.0 Å². The van der Waals surface area contributed by atoms with Gasteiger partial charge in [0.25, 0.3) is 5.91 Å². The molecule has 1 amide bonds. The van der Waals surface area contributed by atoms with Crippen molar-refractivity contribution < 1.29 is 4.79 Å². The summed E-state index contributed by atoms with van der Waals surface area (Å²) < 4.78 is 0. The molecule has 0 spiro atoms. The highest BCUT2D eigenvalue weighted by Gasteiger charge is 2.36. The molecule has 0 unspecified atom stereocenters. The zero-order valence-electron chi connectivity index (χ0n) is 13.4. The van der Waals surface area contributed by atoms with Gasteiger partial charge in [-0.15, -0.1) is 0 Å². The second kappa shape index (κ2) is 5.83. The molecule has 0 bridgehead atoms. The fraction of sp³-hybridized carbons (Fsp3) is 0.688. The number of aromatic nitrogens is 2. The zero-order valence-corrected chi connectivity index (χ0v) is 13.4. The minimum atomic E-state index is 0.00539. The number of carbonyl (C=O) groups excluding carboxylic acids is 1. The Balaban J connectivity index is 1.52. The third-order valence-corrected chi connectivity index (χ3v) is 5.08. The number of nitrogen functional groups attached to an aromatic ring is 1. The first-order chi connectivity index (χ1) is 10.5. The van der Waals surface area contributed by atoms with Gasteiger partial charge >= 0.3 is 0 Å². The first-order valence-corrected chi connectivity index (χ1v) is 8.07. The molecular weight excluding hydrogens is 278 g/mol. The van der Waals surface area contributed by atoms with E-state index in [1.165, 1.54) is 18.8 Å². The molecular formula is C16H25N5O. The lowest BCUT2D eigenvalue weighted by Gasteiger charge is -2.39. The van der Waals surface area contributed by atoms with Crippen LogP contribution in [0, 0.1) is 11.3 Å². The summed E-state index contributed by atoms with van der Waals surface area (Å²) in [6, 6.07) is 0.711. The zero-order chi connectivity index (χ0) is 15.7. The third kappa shape index (κ3) is 3.38. The maximum absolute atomic E-state index is 12.4. The molecule has 120 valence electrons. The maximum Gasteiger partial charge on any atom is 0.256 e. The van der Waals surface area contributed by atoms with Crippen LogP contribution in [-0.4, -0.2) is 46.5 Å². The highest BCUT2D eigenvalue weighted by Crippen LogP contribution is 2.34. The van der Waals surface area contributed by atoms with E-state index in [4.69, 9.17) is 5.73 Å². The van der Waals surface area contributed by atoms with Crippen LogP contribution < -0.4 is 11.1 Å². The molecule has 6 heteroatoms. The Morgan fingerprint density at radius 1 is 1.41 bits per heavy atom. The predicted octanol–water partition coefficient (Wildman–Crippen LogP) is 1.30. The summed E-state index contributed by atoms with van der Waals surface area (Å²) in [4.78, 5) is 22.1. The highest BCUT2D eigenvalue weighted by atomic mass is 16.2. The average Bonchev–Trinajstić information content (AvgIpc) is 3.22. The van der Waals surface area contributed by atoms with E-state index in [1.807, 2.05) is 4.90 Å². The van der Waals surface area contributed by atoms with Gasteiger partial charge < -0.3 is 16.0 Å². The molecule has 1 aliphatic heterocycles. The topological polar surface area (TPSA) is 84.1 Å². The number of anilines is 1. The van der Waals surface area contributed by atoms with Gasteiger partial charge in [-0.25, -0.2) is 9.97 Å². The molecule has 6 nitrogen and oxygen atoms in total. The van der Waals surface area contributed by atoms with Crippen molar-refractivity contribution in [2.75, 3.05) is 25.4 Å². The van der Waals surface area contributed by atoms with E-state index in [0.717, 1.165) is 38.4 Å². The monoisotopic (exact) mass is 303 g/mol. The van der Waals surface area contributed by atoms with Crippen LogP contribution in [0.1, 0.15) is 43.5 Å². The van der Waals surface area contributed by atoms with Gasteiger partial charge in [0.1, 0.15) is 0 Å². The van der Waals surface area contributed by atoms with E-state index in [0.29, 0.717) is 11.6 Å². The lowest BCUT2D eigenvalue weighted by Crippen LogP contribution is -2.46. The van der Waals surface area contributed by atoms with Crippen LogP contribution in [0.3, 0.4) is 0 Å². The standard InChI is InChI=1S/C16H25N5O/c1-11-7-13(11)20-10-16(2)3-5-21(6-4-16)14(22)12-8-18-15(17)19-9-12/h8-9,11,13,20H,3-7,10H2,1-2H3,(H2,17,18,19)/t11-,13-/m1/s1. The summed E-state index contributed by atoms with van der Waals surface area (Å²) in [7, 11) is 0. The van der Waals surface area contributed by atoms with Gasteiger partial charge in [-0.05, 0) is 30.6 Å². The molecule has 1 saturated heterocycles. The number of nitrogens with two attached hydrogens (primary N) is 1. The molecule has 3 N–H and O–H groups in total. The minimum absolute atomic E-state index is 0.00539. The second-order valence-corrected chi connectivity index (χ2v) is 7.13. The quantitative estimate of drug-likeness (QED) is 0.876. The number of piperidine rings is 1. The smallest absolute Gasteiger partial charge is 0.256 e. The summed E-state index contributed by atoms with van der Waals surface area (Å²) in [5, 5.41) is 3.66. The number of rotatable bonds is 4. The van der Waals surface area contributed by atoms with E-state index < -0.39 is 0 Å². The Bertz CT molecular complexity index is 536. The van der Waals surface area contributed by atoms with Gasteiger partial charge in [-0.3, -0.25) is 4.79 Å². The number of hydrogen-bond donors (Lipinski definition) is 2. The Morgan fingerprint density at radius 2 is 2.00 bits per heavy atom. The fourth-order valence-electron chi connectivity index (χ4n) is 3.04. The first kappa shape index (κ1) is 15.2. The van der Waals surface area contributed by atoms with Crippen molar-refractivity contribution in [1.29, 1.82) is 0 Å². The Labute approximate surface area is 131 Å². The van der Waals surface area contributed by atoms with Crippen LogP contribution in [0.5, 0.6) is 0 Å². The number of nitrogens with one attached hydrogen (secondary N) is 1. The van der Waals surface area contributed by atoms with Crippen LogP contribution in [0.4, 0.5) is 5.95 Å². The van der Waals surface area contributed by atoms with Crippen LogP contribution in [0.25, 0.3) is 0 Å². The number of likely N-dealkylation sites (tertiary alicyclic amines) is 1. The largest absolute Gasteiger partial charge is 0.368 e. The molecule has 2 heterocycles. The van der Waals surface area contributed by atoms with Gasteiger partial charge in [0.2, 0.25) is 5.95 Å². The molecule has 3 rings (SSSR count). The normalized spacial score (nSPS) is 26.7. The van der Waals surface area contributed by atoms with E-state index in [9.17, 15) is 4.79 Å². The van der Waals surface area contributed by atoms with Gasteiger partial charge in [-0.1, -0.05) is 13.8 Å². The molecule has 22 heavy (non-hydrogen) atoms. The summed E-state index contributed by atoms with van der Waals surface area (Å²) >= 11 is 0. The third-order valence-electron chi connectivity index (χ3n) is 5.08. The van der Waals surface area contributed by atoms with Crippen molar-refractivity contribution in [1.82, 2.24) is 20.2 Å². The minimum Gasteiger partial charge on any atom is -0.368 e. The molecule has 1 aromatic rings. The van der Waals surface area contributed by atoms with Gasteiger partial charge in [0, 0.05) is 38.1 Å². The number of nitrogens with zero attached hydrogens (tertiary/aromatic N) is 3.